The number of rotatable bonds is 8. The van der Waals surface area contributed by atoms with Gasteiger partial charge in [0.05, 0.1) is 0 Å². The maximum atomic E-state index is 3.63. The smallest absolute Gasteiger partial charge is 0.0198 e. The number of nitrogens with one attached hydrogen (secondary N) is 1. The highest BCUT2D eigenvalue weighted by molar-refractivity contribution is 7.99. The van der Waals surface area contributed by atoms with E-state index in [0.29, 0.717) is 6.04 Å². The van der Waals surface area contributed by atoms with E-state index in [4.69, 9.17) is 0 Å². The fourth-order valence-electron chi connectivity index (χ4n) is 2.58. The molecule has 0 fully saturated rings. The summed E-state index contributed by atoms with van der Waals surface area (Å²) in [5.41, 5.74) is 1.46. The van der Waals surface area contributed by atoms with Crippen LogP contribution in [0.25, 0.3) is 10.8 Å². The zero-order valence-corrected chi connectivity index (χ0v) is 13.4. The van der Waals surface area contributed by atoms with E-state index in [0.717, 1.165) is 13.0 Å². The van der Waals surface area contributed by atoms with Crippen LogP contribution in [0.3, 0.4) is 0 Å². The molecule has 1 unspecified atom stereocenters. The predicted molar refractivity (Wildman–Crippen MR) is 92.7 cm³/mol. The molecule has 1 N–H and O–H groups in total. The Bertz CT molecular complexity index is 518. The Hall–Kier alpha value is -0.990. The van der Waals surface area contributed by atoms with Gasteiger partial charge in [0.25, 0.3) is 0 Å². The Labute approximate surface area is 127 Å². The Balaban J connectivity index is 2.11. The Kier molecular flexibility index (Phi) is 6.41. The minimum atomic E-state index is 0.572. The number of likely N-dealkylation sites (N-methyl/N-ethyl adjacent to an activating group) is 1. The molecule has 2 aromatic carbocycles. The van der Waals surface area contributed by atoms with Crippen molar-refractivity contribution >= 4 is 22.5 Å². The van der Waals surface area contributed by atoms with Crippen LogP contribution < -0.4 is 5.32 Å². The normalized spacial score (nSPS) is 12.7. The lowest BCUT2D eigenvalue weighted by Gasteiger charge is -2.18. The average Bonchev–Trinajstić information content (AvgIpc) is 2.48. The maximum Gasteiger partial charge on any atom is 0.0198 e. The van der Waals surface area contributed by atoms with Crippen molar-refractivity contribution in [1.29, 1.82) is 0 Å². The van der Waals surface area contributed by atoms with Crippen LogP contribution in [0.5, 0.6) is 0 Å². The maximum absolute atomic E-state index is 3.63. The molecule has 0 aromatic heterocycles. The van der Waals surface area contributed by atoms with Crippen LogP contribution in [-0.4, -0.2) is 24.1 Å². The fourth-order valence-corrected chi connectivity index (χ4v) is 3.56. The molecule has 0 aliphatic heterocycles. The summed E-state index contributed by atoms with van der Waals surface area (Å²) in [6.45, 7) is 5.49. The molecule has 20 heavy (non-hydrogen) atoms. The van der Waals surface area contributed by atoms with Gasteiger partial charge in [-0.2, -0.15) is 11.8 Å². The van der Waals surface area contributed by atoms with Crippen LogP contribution in [0.4, 0.5) is 0 Å². The van der Waals surface area contributed by atoms with Crippen molar-refractivity contribution < 1.29 is 0 Å². The van der Waals surface area contributed by atoms with Gasteiger partial charge < -0.3 is 5.32 Å². The summed E-state index contributed by atoms with van der Waals surface area (Å²) in [7, 11) is 0. The van der Waals surface area contributed by atoms with Crippen molar-refractivity contribution in [3.05, 3.63) is 48.0 Å². The second-order valence-corrected chi connectivity index (χ2v) is 6.32. The lowest BCUT2D eigenvalue weighted by molar-refractivity contribution is 0.574. The van der Waals surface area contributed by atoms with Gasteiger partial charge in [-0.3, -0.25) is 0 Å². The lowest BCUT2D eigenvalue weighted by Crippen LogP contribution is -2.33. The monoisotopic (exact) mass is 287 g/mol. The third-order valence-electron chi connectivity index (χ3n) is 3.51. The molecule has 0 radical (unpaired) electrons. The first kappa shape index (κ1) is 15.4. The van der Waals surface area contributed by atoms with Crippen molar-refractivity contribution in [3.8, 4) is 0 Å². The molecule has 0 amide bonds. The quantitative estimate of drug-likeness (QED) is 0.717. The van der Waals surface area contributed by atoms with Crippen molar-refractivity contribution in [1.82, 2.24) is 5.32 Å². The van der Waals surface area contributed by atoms with E-state index in [1.165, 1.54) is 34.3 Å². The summed E-state index contributed by atoms with van der Waals surface area (Å²) < 4.78 is 0. The van der Waals surface area contributed by atoms with Gasteiger partial charge >= 0.3 is 0 Å². The number of fused-ring (bicyclic) bond motifs is 1. The summed E-state index contributed by atoms with van der Waals surface area (Å²) in [4.78, 5) is 0. The van der Waals surface area contributed by atoms with Gasteiger partial charge in [0.2, 0.25) is 0 Å². The highest BCUT2D eigenvalue weighted by Crippen LogP contribution is 2.20. The zero-order valence-electron chi connectivity index (χ0n) is 12.6. The Morgan fingerprint density at radius 2 is 1.85 bits per heavy atom. The van der Waals surface area contributed by atoms with Crippen LogP contribution in [0.1, 0.15) is 25.8 Å². The molecular formula is C18H25NS. The minimum Gasteiger partial charge on any atom is -0.313 e. The number of hydrogen-bond acceptors (Lipinski definition) is 2. The summed E-state index contributed by atoms with van der Waals surface area (Å²) in [6, 6.07) is 15.9. The van der Waals surface area contributed by atoms with E-state index >= 15 is 0 Å². The fraction of sp³-hybridized carbons (Fsp3) is 0.444. The van der Waals surface area contributed by atoms with Gasteiger partial charge in [-0.15, -0.1) is 0 Å². The second-order valence-electron chi connectivity index (χ2n) is 5.17. The van der Waals surface area contributed by atoms with Crippen molar-refractivity contribution in [2.24, 2.45) is 0 Å². The summed E-state index contributed by atoms with van der Waals surface area (Å²) in [5, 5.41) is 6.38. The second kappa shape index (κ2) is 8.33. The number of benzene rings is 2. The molecule has 0 aliphatic carbocycles. The molecule has 1 atom stereocenters. The molecule has 0 saturated carbocycles. The van der Waals surface area contributed by atoms with E-state index in [-0.39, 0.29) is 0 Å². The molecule has 2 heteroatoms. The molecule has 2 rings (SSSR count). The van der Waals surface area contributed by atoms with Crippen LogP contribution in [0, 0.1) is 0 Å². The molecule has 0 aliphatic rings. The van der Waals surface area contributed by atoms with E-state index in [9.17, 15) is 0 Å². The number of thioether (sulfide) groups is 1. The number of hydrogen-bond donors (Lipinski definition) is 1. The van der Waals surface area contributed by atoms with Crippen LogP contribution in [-0.2, 0) is 6.42 Å². The van der Waals surface area contributed by atoms with Crippen LogP contribution >= 0.6 is 11.8 Å². The average molecular weight is 287 g/mol. The minimum absolute atomic E-state index is 0.572. The molecule has 108 valence electrons. The summed E-state index contributed by atoms with van der Waals surface area (Å²) >= 11 is 2.06. The van der Waals surface area contributed by atoms with E-state index in [2.05, 4.69) is 73.4 Å². The molecule has 1 nitrogen and oxygen atoms in total. The van der Waals surface area contributed by atoms with Gasteiger partial charge in [0, 0.05) is 11.8 Å². The van der Waals surface area contributed by atoms with E-state index in [1.54, 1.807) is 0 Å². The molecular weight excluding hydrogens is 262 g/mol. The molecule has 0 spiro atoms. The highest BCUT2D eigenvalue weighted by atomic mass is 32.2. The first-order chi connectivity index (χ1) is 9.85. The van der Waals surface area contributed by atoms with E-state index < -0.39 is 0 Å². The van der Waals surface area contributed by atoms with Gasteiger partial charge in [0.1, 0.15) is 0 Å². The third kappa shape index (κ3) is 4.26. The van der Waals surface area contributed by atoms with Gasteiger partial charge in [-0.25, -0.2) is 0 Å². The lowest BCUT2D eigenvalue weighted by atomic mass is 9.99. The summed E-state index contributed by atoms with van der Waals surface area (Å²) in [5.74, 6) is 2.46. The van der Waals surface area contributed by atoms with Crippen molar-refractivity contribution in [2.45, 2.75) is 32.7 Å². The first-order valence-electron chi connectivity index (χ1n) is 7.63. The van der Waals surface area contributed by atoms with Crippen LogP contribution in [0.15, 0.2) is 42.5 Å². The van der Waals surface area contributed by atoms with Crippen molar-refractivity contribution in [3.63, 3.8) is 0 Å². The molecule has 0 saturated heterocycles. The van der Waals surface area contributed by atoms with Crippen LogP contribution in [0.2, 0.25) is 0 Å². The third-order valence-corrected chi connectivity index (χ3v) is 4.84. The highest BCUT2D eigenvalue weighted by Gasteiger charge is 2.10. The molecule has 0 bridgehead atoms. The van der Waals surface area contributed by atoms with Gasteiger partial charge in [-0.05, 0) is 41.5 Å². The Morgan fingerprint density at radius 1 is 1.05 bits per heavy atom. The summed E-state index contributed by atoms with van der Waals surface area (Å²) in [6.07, 6.45) is 2.38. The topological polar surface area (TPSA) is 12.0 Å². The SMILES string of the molecule is CCCSCC(Cc1cccc2ccccc12)NCC. The van der Waals surface area contributed by atoms with Crippen molar-refractivity contribution in [2.75, 3.05) is 18.1 Å². The zero-order chi connectivity index (χ0) is 14.2. The predicted octanol–water partition coefficient (Wildman–Crippen LogP) is 4.50. The first-order valence-corrected chi connectivity index (χ1v) is 8.78. The Morgan fingerprint density at radius 3 is 2.65 bits per heavy atom. The largest absolute Gasteiger partial charge is 0.313 e. The standard InChI is InChI=1S/C18H25NS/c1-3-12-20-14-17(19-4-2)13-16-10-7-9-15-8-5-6-11-18(15)16/h5-11,17,19H,3-4,12-14H2,1-2H3. The molecule has 0 heterocycles. The van der Waals surface area contributed by atoms with Gasteiger partial charge in [-0.1, -0.05) is 56.3 Å². The van der Waals surface area contributed by atoms with E-state index in [1.807, 2.05) is 0 Å². The van der Waals surface area contributed by atoms with Gasteiger partial charge in [0.15, 0.2) is 0 Å². The molecule has 2 aromatic rings.